The lowest BCUT2D eigenvalue weighted by Gasteiger charge is -2.30. The Morgan fingerprint density at radius 1 is 1.26 bits per heavy atom. The van der Waals surface area contributed by atoms with Crippen molar-refractivity contribution in [1.82, 2.24) is 4.31 Å². The summed E-state index contributed by atoms with van der Waals surface area (Å²) in [4.78, 5) is 3.68. The first-order chi connectivity index (χ1) is 9.15. The highest BCUT2D eigenvalue weighted by Gasteiger charge is 2.25. The van der Waals surface area contributed by atoms with Crippen LogP contribution in [0.1, 0.15) is 19.4 Å². The Labute approximate surface area is 119 Å². The summed E-state index contributed by atoms with van der Waals surface area (Å²) in [5, 5.41) is 0. The number of hydrogen-bond acceptors (Lipinski definition) is 5. The number of nitrogens with two attached hydrogens (primary N) is 1. The highest BCUT2D eigenvalue weighted by atomic mass is 32.2. The quantitative estimate of drug-likeness (QED) is 0.665. The number of hydrogen-bond donors (Lipinski definition) is 1. The lowest BCUT2D eigenvalue weighted by Crippen LogP contribution is -2.36. The zero-order valence-electron chi connectivity index (χ0n) is 11.6. The summed E-state index contributed by atoms with van der Waals surface area (Å²) in [5.41, 5.74) is 9.65. The summed E-state index contributed by atoms with van der Waals surface area (Å²) in [6.45, 7) is 8.90. The van der Waals surface area contributed by atoms with E-state index in [-0.39, 0.29) is 0 Å². The summed E-state index contributed by atoms with van der Waals surface area (Å²) in [6.07, 6.45) is 0. The van der Waals surface area contributed by atoms with Crippen molar-refractivity contribution < 1.29 is 4.74 Å². The van der Waals surface area contributed by atoms with Crippen LogP contribution in [0.4, 0.5) is 11.4 Å². The average Bonchev–Trinajstić information content (AvgIpc) is 2.82. The van der Waals surface area contributed by atoms with E-state index in [2.05, 4.69) is 35.2 Å². The van der Waals surface area contributed by atoms with Crippen LogP contribution in [0.2, 0.25) is 0 Å². The van der Waals surface area contributed by atoms with Crippen LogP contribution in [0.3, 0.4) is 0 Å². The molecule has 0 aromatic heterocycles. The molecule has 1 aromatic rings. The second-order valence-corrected chi connectivity index (χ2v) is 6.47. The number of morpholine rings is 1. The van der Waals surface area contributed by atoms with Crippen molar-refractivity contribution in [2.45, 2.75) is 31.3 Å². The van der Waals surface area contributed by atoms with Gasteiger partial charge in [-0.25, -0.2) is 4.31 Å². The molecule has 0 saturated carbocycles. The summed E-state index contributed by atoms with van der Waals surface area (Å²) in [7, 11) is 0. The molecule has 4 nitrogen and oxygen atoms in total. The molecule has 1 aromatic carbocycles. The predicted molar refractivity (Wildman–Crippen MR) is 80.4 cm³/mol. The van der Waals surface area contributed by atoms with Crippen LogP contribution >= 0.6 is 11.9 Å². The molecule has 0 radical (unpaired) electrons. The molecule has 0 unspecified atom stereocenters. The number of benzene rings is 1. The number of anilines is 2. The van der Waals surface area contributed by atoms with Crippen LogP contribution < -0.4 is 10.6 Å². The van der Waals surface area contributed by atoms with Gasteiger partial charge in [-0.3, -0.25) is 0 Å². The van der Waals surface area contributed by atoms with Gasteiger partial charge >= 0.3 is 0 Å². The largest absolute Gasteiger partial charge is 0.397 e. The van der Waals surface area contributed by atoms with Crippen molar-refractivity contribution in [2.24, 2.45) is 0 Å². The standard InChI is InChI=1S/C14H21N3OS/c1-10(2)17-9-11-7-12(15)13(8-14(11)19-17)16-3-5-18-6-4-16/h7-8,10H,3-6,9,15H2,1-2H3. The molecule has 0 atom stereocenters. The summed E-state index contributed by atoms with van der Waals surface area (Å²) in [5.74, 6) is 0. The molecule has 5 heteroatoms. The van der Waals surface area contributed by atoms with Crippen molar-refractivity contribution in [2.75, 3.05) is 36.9 Å². The van der Waals surface area contributed by atoms with Gasteiger partial charge in [-0.2, -0.15) is 0 Å². The topological polar surface area (TPSA) is 41.7 Å². The second kappa shape index (κ2) is 5.23. The van der Waals surface area contributed by atoms with E-state index in [1.54, 1.807) is 0 Å². The van der Waals surface area contributed by atoms with Gasteiger partial charge in [0.15, 0.2) is 0 Å². The zero-order chi connectivity index (χ0) is 13.4. The Morgan fingerprint density at radius 3 is 2.68 bits per heavy atom. The Morgan fingerprint density at radius 2 is 2.00 bits per heavy atom. The van der Waals surface area contributed by atoms with Crippen LogP contribution in [-0.4, -0.2) is 36.7 Å². The fourth-order valence-electron chi connectivity index (χ4n) is 2.53. The SMILES string of the molecule is CC(C)N1Cc2cc(N)c(N3CCOCC3)cc2S1. The minimum absolute atomic E-state index is 0.547. The molecule has 2 aliphatic rings. The van der Waals surface area contributed by atoms with E-state index < -0.39 is 0 Å². The number of nitrogen functional groups attached to an aromatic ring is 1. The number of fused-ring (bicyclic) bond motifs is 1. The van der Waals surface area contributed by atoms with E-state index in [0.717, 1.165) is 38.5 Å². The van der Waals surface area contributed by atoms with Gasteiger partial charge in [0.05, 0.1) is 24.6 Å². The number of ether oxygens (including phenoxy) is 1. The minimum atomic E-state index is 0.547. The summed E-state index contributed by atoms with van der Waals surface area (Å²) >= 11 is 1.85. The molecular weight excluding hydrogens is 258 g/mol. The Kier molecular flexibility index (Phi) is 3.60. The van der Waals surface area contributed by atoms with Gasteiger partial charge in [0, 0.05) is 30.6 Å². The Hall–Kier alpha value is -0.910. The lowest BCUT2D eigenvalue weighted by molar-refractivity contribution is 0.123. The van der Waals surface area contributed by atoms with E-state index >= 15 is 0 Å². The fraction of sp³-hybridized carbons (Fsp3) is 0.571. The molecule has 2 heterocycles. The summed E-state index contributed by atoms with van der Waals surface area (Å²) < 4.78 is 7.80. The molecule has 1 fully saturated rings. The fourth-order valence-corrected chi connectivity index (χ4v) is 3.61. The molecular formula is C14H21N3OS. The molecule has 3 rings (SSSR count). The van der Waals surface area contributed by atoms with Gasteiger partial charge in [-0.05, 0) is 43.5 Å². The highest BCUT2D eigenvalue weighted by Crippen LogP contribution is 2.41. The molecule has 1 saturated heterocycles. The molecule has 0 bridgehead atoms. The van der Waals surface area contributed by atoms with Gasteiger partial charge in [-0.1, -0.05) is 0 Å². The van der Waals surface area contributed by atoms with E-state index in [1.807, 2.05) is 11.9 Å². The molecule has 19 heavy (non-hydrogen) atoms. The maximum Gasteiger partial charge on any atom is 0.0642 e. The minimum Gasteiger partial charge on any atom is -0.397 e. The van der Waals surface area contributed by atoms with E-state index in [4.69, 9.17) is 10.5 Å². The lowest BCUT2D eigenvalue weighted by atomic mass is 10.1. The predicted octanol–water partition coefficient (Wildman–Crippen LogP) is 2.34. The zero-order valence-corrected chi connectivity index (χ0v) is 12.4. The van der Waals surface area contributed by atoms with Crippen LogP contribution in [0, 0.1) is 0 Å². The number of nitrogens with zero attached hydrogens (tertiary/aromatic N) is 2. The molecule has 0 spiro atoms. The van der Waals surface area contributed by atoms with Gasteiger partial charge in [0.1, 0.15) is 0 Å². The third-order valence-electron chi connectivity index (χ3n) is 3.68. The molecule has 0 amide bonds. The highest BCUT2D eigenvalue weighted by molar-refractivity contribution is 7.97. The van der Waals surface area contributed by atoms with E-state index in [1.165, 1.54) is 16.1 Å². The van der Waals surface area contributed by atoms with Crippen LogP contribution in [0.25, 0.3) is 0 Å². The molecule has 2 aliphatic heterocycles. The molecule has 0 aliphatic carbocycles. The maximum absolute atomic E-state index is 6.24. The molecule has 104 valence electrons. The van der Waals surface area contributed by atoms with Crippen molar-refractivity contribution in [1.29, 1.82) is 0 Å². The first-order valence-electron chi connectivity index (χ1n) is 6.85. The van der Waals surface area contributed by atoms with Gasteiger partial charge in [-0.15, -0.1) is 0 Å². The van der Waals surface area contributed by atoms with Crippen molar-refractivity contribution in [3.63, 3.8) is 0 Å². The van der Waals surface area contributed by atoms with Crippen molar-refractivity contribution >= 4 is 23.3 Å². The Bertz CT molecular complexity index is 472. The van der Waals surface area contributed by atoms with Gasteiger partial charge in [0.2, 0.25) is 0 Å². The van der Waals surface area contributed by atoms with Crippen molar-refractivity contribution in [3.05, 3.63) is 17.7 Å². The third kappa shape index (κ3) is 2.55. The van der Waals surface area contributed by atoms with Crippen LogP contribution in [0.5, 0.6) is 0 Å². The summed E-state index contributed by atoms with van der Waals surface area (Å²) in [6, 6.07) is 4.95. The van der Waals surface area contributed by atoms with Crippen LogP contribution in [-0.2, 0) is 11.3 Å². The van der Waals surface area contributed by atoms with E-state index in [9.17, 15) is 0 Å². The van der Waals surface area contributed by atoms with Gasteiger partial charge in [0.25, 0.3) is 0 Å². The van der Waals surface area contributed by atoms with Crippen LogP contribution in [0.15, 0.2) is 17.0 Å². The second-order valence-electron chi connectivity index (χ2n) is 5.38. The van der Waals surface area contributed by atoms with E-state index in [0.29, 0.717) is 6.04 Å². The Balaban J connectivity index is 1.86. The molecule has 2 N–H and O–H groups in total. The number of rotatable bonds is 2. The maximum atomic E-state index is 6.24. The smallest absolute Gasteiger partial charge is 0.0642 e. The van der Waals surface area contributed by atoms with Gasteiger partial charge < -0.3 is 15.4 Å². The first kappa shape index (κ1) is 13.1. The van der Waals surface area contributed by atoms with Crippen molar-refractivity contribution in [3.8, 4) is 0 Å². The first-order valence-corrected chi connectivity index (χ1v) is 7.62. The monoisotopic (exact) mass is 279 g/mol. The normalized spacial score (nSPS) is 20.1. The average molecular weight is 279 g/mol. The third-order valence-corrected chi connectivity index (χ3v) is 5.04.